The lowest BCUT2D eigenvalue weighted by Crippen LogP contribution is -2.37. The van der Waals surface area contributed by atoms with Crippen LogP contribution in [0.2, 0.25) is 0 Å². The third-order valence-electron chi connectivity index (χ3n) is 3.40. The lowest BCUT2D eigenvalue weighted by Gasteiger charge is -2.22. The summed E-state index contributed by atoms with van der Waals surface area (Å²) in [5.74, 6) is -0.232. The predicted molar refractivity (Wildman–Crippen MR) is 82.5 cm³/mol. The Morgan fingerprint density at radius 2 is 2.19 bits per heavy atom. The molecule has 2 aromatic rings. The van der Waals surface area contributed by atoms with E-state index in [-0.39, 0.29) is 18.4 Å². The summed E-state index contributed by atoms with van der Waals surface area (Å²) in [6.45, 7) is 0.0232. The van der Waals surface area contributed by atoms with Crippen molar-refractivity contribution in [1.29, 1.82) is 0 Å². The topological polar surface area (TPSA) is 62.3 Å². The molecule has 1 N–H and O–H groups in total. The van der Waals surface area contributed by atoms with E-state index in [0.29, 0.717) is 11.6 Å². The Bertz CT molecular complexity index is 655. The molecular weight excluding hydrogens is 286 g/mol. The number of aromatic nitrogens is 1. The summed E-state index contributed by atoms with van der Waals surface area (Å²) >= 11 is 1.36. The second kappa shape index (κ2) is 6.05. The zero-order chi connectivity index (χ0) is 14.7. The van der Waals surface area contributed by atoms with Crippen LogP contribution in [0.3, 0.4) is 0 Å². The normalized spacial score (nSPS) is 14.5. The van der Waals surface area contributed by atoms with E-state index in [1.807, 2.05) is 24.3 Å². The van der Waals surface area contributed by atoms with Crippen LogP contribution < -0.4 is 10.2 Å². The van der Waals surface area contributed by atoms with Gasteiger partial charge in [0.2, 0.25) is 11.8 Å². The van der Waals surface area contributed by atoms with Gasteiger partial charge in [0.25, 0.3) is 0 Å². The number of thiazole rings is 1. The Labute approximate surface area is 126 Å². The van der Waals surface area contributed by atoms with Crippen molar-refractivity contribution >= 4 is 34.0 Å². The lowest BCUT2D eigenvalue weighted by atomic mass is 10.1. The van der Waals surface area contributed by atoms with Crippen LogP contribution in [0.15, 0.2) is 35.8 Å². The number of amides is 2. The number of para-hydroxylation sites is 1. The number of carbonyl (C=O) groups is 2. The van der Waals surface area contributed by atoms with Crippen LogP contribution in [0, 0.1) is 0 Å². The number of anilines is 2. The monoisotopic (exact) mass is 301 g/mol. The average Bonchev–Trinajstić information content (AvgIpc) is 2.92. The fraction of sp³-hybridized carbons (Fsp3) is 0.267. The average molecular weight is 301 g/mol. The van der Waals surface area contributed by atoms with Gasteiger partial charge in [0.1, 0.15) is 6.54 Å². The molecule has 1 aliphatic rings. The molecule has 2 amide bonds. The van der Waals surface area contributed by atoms with E-state index in [1.165, 1.54) is 11.3 Å². The van der Waals surface area contributed by atoms with E-state index in [1.54, 1.807) is 16.5 Å². The maximum Gasteiger partial charge on any atom is 0.246 e. The van der Waals surface area contributed by atoms with Crippen molar-refractivity contribution in [3.63, 3.8) is 0 Å². The third-order valence-corrected chi connectivity index (χ3v) is 4.09. The Hall–Kier alpha value is -2.21. The van der Waals surface area contributed by atoms with Crippen LogP contribution >= 0.6 is 11.3 Å². The minimum absolute atomic E-state index is 0.00533. The van der Waals surface area contributed by atoms with Gasteiger partial charge in [0.05, 0.1) is 0 Å². The molecule has 0 spiro atoms. The summed E-state index contributed by atoms with van der Waals surface area (Å²) < 4.78 is 0. The highest BCUT2D eigenvalue weighted by Gasteiger charge is 2.24. The number of fused-ring (bicyclic) bond motifs is 1. The summed E-state index contributed by atoms with van der Waals surface area (Å²) in [7, 11) is 0. The summed E-state index contributed by atoms with van der Waals surface area (Å²) in [4.78, 5) is 29.9. The smallest absolute Gasteiger partial charge is 0.246 e. The van der Waals surface area contributed by atoms with Crippen LogP contribution in [0.4, 0.5) is 10.8 Å². The molecule has 5 nitrogen and oxygen atoms in total. The second-order valence-corrected chi connectivity index (χ2v) is 5.74. The molecule has 1 aliphatic heterocycles. The van der Waals surface area contributed by atoms with E-state index in [9.17, 15) is 9.59 Å². The summed E-state index contributed by atoms with van der Waals surface area (Å²) in [6, 6.07) is 7.76. The first-order chi connectivity index (χ1) is 10.2. The standard InChI is InChI=1S/C15H15N3O2S/c19-13(17-15-16-8-9-21-15)10-18-12-6-2-1-4-11(12)5-3-7-14(18)20/h1-2,4,6,8-9H,3,5,7,10H2,(H,16,17,19). The van der Waals surface area contributed by atoms with Gasteiger partial charge in [0, 0.05) is 23.7 Å². The molecule has 0 radical (unpaired) electrons. The highest BCUT2D eigenvalue weighted by Crippen LogP contribution is 2.26. The fourth-order valence-electron chi connectivity index (χ4n) is 2.45. The maximum atomic E-state index is 12.2. The first-order valence-corrected chi connectivity index (χ1v) is 7.69. The molecule has 0 saturated heterocycles. The van der Waals surface area contributed by atoms with Crippen molar-refractivity contribution in [2.45, 2.75) is 19.3 Å². The van der Waals surface area contributed by atoms with Crippen molar-refractivity contribution in [1.82, 2.24) is 4.98 Å². The summed E-state index contributed by atoms with van der Waals surface area (Å²) in [5.41, 5.74) is 1.96. The number of carbonyl (C=O) groups excluding carboxylic acids is 2. The molecule has 0 saturated carbocycles. The Kier molecular flexibility index (Phi) is 3.96. The molecule has 108 valence electrons. The van der Waals surface area contributed by atoms with Gasteiger partial charge in [-0.1, -0.05) is 18.2 Å². The molecular formula is C15H15N3O2S. The Balaban J connectivity index is 1.79. The molecule has 3 rings (SSSR count). The zero-order valence-electron chi connectivity index (χ0n) is 11.4. The molecule has 21 heavy (non-hydrogen) atoms. The SMILES string of the molecule is O=C(CN1C(=O)CCCc2ccccc21)Nc1nccs1. The van der Waals surface area contributed by atoms with Crippen molar-refractivity contribution in [2.24, 2.45) is 0 Å². The van der Waals surface area contributed by atoms with Crippen molar-refractivity contribution < 1.29 is 9.59 Å². The molecule has 0 aliphatic carbocycles. The van der Waals surface area contributed by atoms with Crippen LogP contribution in [0.25, 0.3) is 0 Å². The summed E-state index contributed by atoms with van der Waals surface area (Å²) in [6.07, 6.45) is 3.79. The molecule has 1 aromatic carbocycles. The van der Waals surface area contributed by atoms with Gasteiger partial charge in [-0.15, -0.1) is 11.3 Å². The van der Waals surface area contributed by atoms with Gasteiger partial charge in [-0.2, -0.15) is 0 Å². The fourth-order valence-corrected chi connectivity index (χ4v) is 2.99. The zero-order valence-corrected chi connectivity index (χ0v) is 12.2. The quantitative estimate of drug-likeness (QED) is 0.947. The number of rotatable bonds is 3. The van der Waals surface area contributed by atoms with Gasteiger partial charge in [-0.3, -0.25) is 9.59 Å². The van der Waals surface area contributed by atoms with E-state index in [0.717, 1.165) is 24.1 Å². The highest BCUT2D eigenvalue weighted by atomic mass is 32.1. The van der Waals surface area contributed by atoms with Crippen molar-refractivity contribution in [3.05, 3.63) is 41.4 Å². The number of benzene rings is 1. The molecule has 1 aromatic heterocycles. The van der Waals surface area contributed by atoms with Crippen molar-refractivity contribution in [2.75, 3.05) is 16.8 Å². The van der Waals surface area contributed by atoms with Gasteiger partial charge in [-0.05, 0) is 24.5 Å². The molecule has 6 heteroatoms. The third kappa shape index (κ3) is 3.11. The van der Waals surface area contributed by atoms with Gasteiger partial charge < -0.3 is 10.2 Å². The van der Waals surface area contributed by atoms with E-state index < -0.39 is 0 Å². The van der Waals surface area contributed by atoms with Gasteiger partial charge >= 0.3 is 0 Å². The number of aryl methyl sites for hydroxylation is 1. The number of hydrogen-bond donors (Lipinski definition) is 1. The minimum atomic E-state index is -0.227. The van der Waals surface area contributed by atoms with E-state index >= 15 is 0 Å². The first kappa shape index (κ1) is 13.8. The molecule has 0 atom stereocenters. The molecule has 2 heterocycles. The van der Waals surface area contributed by atoms with E-state index in [4.69, 9.17) is 0 Å². The molecule has 0 unspecified atom stereocenters. The second-order valence-electron chi connectivity index (χ2n) is 4.85. The highest BCUT2D eigenvalue weighted by molar-refractivity contribution is 7.13. The Morgan fingerprint density at radius 1 is 1.33 bits per heavy atom. The maximum absolute atomic E-state index is 12.2. The number of nitrogens with one attached hydrogen (secondary N) is 1. The lowest BCUT2D eigenvalue weighted by molar-refractivity contribution is -0.121. The summed E-state index contributed by atoms with van der Waals surface area (Å²) in [5, 5.41) is 5.06. The number of nitrogens with zero attached hydrogens (tertiary/aromatic N) is 2. The number of hydrogen-bond acceptors (Lipinski definition) is 4. The van der Waals surface area contributed by atoms with Crippen LogP contribution in [-0.2, 0) is 16.0 Å². The Morgan fingerprint density at radius 3 is 3.00 bits per heavy atom. The van der Waals surface area contributed by atoms with Crippen LogP contribution in [0.5, 0.6) is 0 Å². The van der Waals surface area contributed by atoms with Crippen LogP contribution in [0.1, 0.15) is 18.4 Å². The first-order valence-electron chi connectivity index (χ1n) is 6.81. The van der Waals surface area contributed by atoms with Crippen LogP contribution in [-0.4, -0.2) is 23.3 Å². The predicted octanol–water partition coefficient (Wildman–Crippen LogP) is 2.45. The largest absolute Gasteiger partial charge is 0.303 e. The molecule has 0 bridgehead atoms. The molecule has 0 fully saturated rings. The minimum Gasteiger partial charge on any atom is -0.303 e. The van der Waals surface area contributed by atoms with Gasteiger partial charge in [-0.25, -0.2) is 4.98 Å². The van der Waals surface area contributed by atoms with Crippen molar-refractivity contribution in [3.8, 4) is 0 Å². The van der Waals surface area contributed by atoms with E-state index in [2.05, 4.69) is 10.3 Å². The van der Waals surface area contributed by atoms with Gasteiger partial charge in [0.15, 0.2) is 5.13 Å².